The van der Waals surface area contributed by atoms with Gasteiger partial charge in [0.1, 0.15) is 5.75 Å². The fourth-order valence-electron chi connectivity index (χ4n) is 4.42. The molecular formula is C25H30N4O2. The number of benzene rings is 1. The van der Waals surface area contributed by atoms with E-state index >= 15 is 0 Å². The van der Waals surface area contributed by atoms with Gasteiger partial charge < -0.3 is 14.6 Å². The molecule has 6 heteroatoms. The highest BCUT2D eigenvalue weighted by atomic mass is 16.3. The Kier molecular flexibility index (Phi) is 6.49. The zero-order valence-electron chi connectivity index (χ0n) is 18.2. The molecule has 0 bridgehead atoms. The molecule has 4 rings (SSSR count). The number of aryl methyl sites for hydroxylation is 1. The molecule has 1 fully saturated rings. The second kappa shape index (κ2) is 9.45. The lowest BCUT2D eigenvalue weighted by Gasteiger charge is -2.39. The minimum absolute atomic E-state index is 0.0542. The molecule has 1 aromatic carbocycles. The van der Waals surface area contributed by atoms with Crippen molar-refractivity contribution in [2.75, 3.05) is 32.7 Å². The van der Waals surface area contributed by atoms with Crippen molar-refractivity contribution in [2.45, 2.75) is 26.4 Å². The quantitative estimate of drug-likeness (QED) is 0.667. The first-order valence-electron chi connectivity index (χ1n) is 10.9. The molecule has 0 saturated carbocycles. The van der Waals surface area contributed by atoms with Crippen molar-refractivity contribution in [3.63, 3.8) is 0 Å². The summed E-state index contributed by atoms with van der Waals surface area (Å²) in [7, 11) is 0. The maximum Gasteiger partial charge on any atom is 0.259 e. The third-order valence-electron chi connectivity index (χ3n) is 6.20. The van der Waals surface area contributed by atoms with Crippen molar-refractivity contribution in [1.82, 2.24) is 19.4 Å². The van der Waals surface area contributed by atoms with Crippen LogP contribution in [0.5, 0.6) is 5.75 Å². The average molecular weight is 419 g/mol. The normalized spacial score (nSPS) is 16.3. The van der Waals surface area contributed by atoms with Crippen LogP contribution >= 0.6 is 0 Å². The summed E-state index contributed by atoms with van der Waals surface area (Å²) in [6.45, 7) is 9.08. The van der Waals surface area contributed by atoms with Crippen molar-refractivity contribution in [3.05, 3.63) is 93.7 Å². The van der Waals surface area contributed by atoms with E-state index in [1.807, 2.05) is 49.4 Å². The molecule has 6 nitrogen and oxygen atoms in total. The molecule has 0 amide bonds. The largest absolute Gasteiger partial charge is 0.507 e. The summed E-state index contributed by atoms with van der Waals surface area (Å²) < 4.78 is 1.76. The molecule has 3 aromatic rings. The highest BCUT2D eigenvalue weighted by Crippen LogP contribution is 2.33. The summed E-state index contributed by atoms with van der Waals surface area (Å²) in [5, 5.41) is 11.0. The van der Waals surface area contributed by atoms with Crippen molar-refractivity contribution in [2.24, 2.45) is 0 Å². The van der Waals surface area contributed by atoms with Crippen LogP contribution in [0.1, 0.15) is 35.3 Å². The summed E-state index contributed by atoms with van der Waals surface area (Å²) in [5.74, 6) is 0.0542. The van der Waals surface area contributed by atoms with Crippen molar-refractivity contribution < 1.29 is 5.11 Å². The lowest BCUT2D eigenvalue weighted by Crippen LogP contribution is -2.48. The van der Waals surface area contributed by atoms with Crippen molar-refractivity contribution in [1.29, 1.82) is 0 Å². The van der Waals surface area contributed by atoms with E-state index in [9.17, 15) is 9.90 Å². The Morgan fingerprint density at radius 3 is 2.45 bits per heavy atom. The van der Waals surface area contributed by atoms with Crippen molar-refractivity contribution >= 4 is 0 Å². The van der Waals surface area contributed by atoms with E-state index < -0.39 is 0 Å². The number of hydrogen-bond acceptors (Lipinski definition) is 5. The van der Waals surface area contributed by atoms with Gasteiger partial charge in [-0.25, -0.2) is 0 Å². The van der Waals surface area contributed by atoms with E-state index in [0.717, 1.165) is 49.5 Å². The van der Waals surface area contributed by atoms with E-state index in [2.05, 4.69) is 21.7 Å². The fourth-order valence-corrected chi connectivity index (χ4v) is 4.42. The number of piperazine rings is 1. The van der Waals surface area contributed by atoms with E-state index in [1.165, 1.54) is 0 Å². The Labute approximate surface area is 183 Å². The molecule has 1 saturated heterocycles. The number of aromatic hydroxyl groups is 1. The predicted octanol–water partition coefficient (Wildman–Crippen LogP) is 3.03. The standard InChI is InChI=1S/C25H30N4O2/c1-3-27-12-14-28(15-13-27)24(21-10-7-11-26-17-21)23-22(30)16-19(2)29(25(23)31)18-20-8-5-4-6-9-20/h4-11,16-17,24,30H,3,12-15,18H2,1-2H3/t24-/m0/s1. The Balaban J connectivity index is 1.79. The Morgan fingerprint density at radius 1 is 1.06 bits per heavy atom. The lowest BCUT2D eigenvalue weighted by molar-refractivity contribution is 0.111. The SMILES string of the molecule is CCN1CCN([C@@H](c2cccnc2)c2c(O)cc(C)n(Cc3ccccc3)c2=O)CC1. The molecule has 1 N–H and O–H groups in total. The zero-order chi connectivity index (χ0) is 21.8. The summed E-state index contributed by atoms with van der Waals surface area (Å²) >= 11 is 0. The average Bonchev–Trinajstić information content (AvgIpc) is 2.81. The second-order valence-electron chi connectivity index (χ2n) is 8.12. The summed E-state index contributed by atoms with van der Waals surface area (Å²) in [6, 6.07) is 15.2. The van der Waals surface area contributed by atoms with E-state index in [0.29, 0.717) is 12.1 Å². The molecule has 162 valence electrons. The smallest absolute Gasteiger partial charge is 0.259 e. The van der Waals surface area contributed by atoms with Crippen molar-refractivity contribution in [3.8, 4) is 5.75 Å². The maximum absolute atomic E-state index is 13.7. The summed E-state index contributed by atoms with van der Waals surface area (Å²) in [6.07, 6.45) is 3.54. The van der Waals surface area contributed by atoms with Gasteiger partial charge in [-0.3, -0.25) is 14.7 Å². The first-order chi connectivity index (χ1) is 15.1. The summed E-state index contributed by atoms with van der Waals surface area (Å²) in [4.78, 5) is 22.7. The monoisotopic (exact) mass is 418 g/mol. The molecule has 1 atom stereocenters. The lowest BCUT2D eigenvalue weighted by atomic mass is 9.97. The molecule has 0 spiro atoms. The summed E-state index contributed by atoms with van der Waals surface area (Å²) in [5.41, 5.74) is 3.01. The Morgan fingerprint density at radius 2 is 1.81 bits per heavy atom. The number of hydrogen-bond donors (Lipinski definition) is 1. The topological polar surface area (TPSA) is 61.6 Å². The Bertz CT molecular complexity index is 1060. The van der Waals surface area contributed by atoms with Gasteiger partial charge in [0.25, 0.3) is 5.56 Å². The van der Waals surface area contributed by atoms with Crippen LogP contribution in [-0.2, 0) is 6.54 Å². The first-order valence-corrected chi connectivity index (χ1v) is 10.9. The van der Waals surface area contributed by atoms with E-state index in [-0.39, 0.29) is 17.4 Å². The minimum atomic E-state index is -0.331. The Hall–Kier alpha value is -2.96. The first kappa shape index (κ1) is 21.3. The second-order valence-corrected chi connectivity index (χ2v) is 8.12. The van der Waals surface area contributed by atoms with Crippen LogP contribution < -0.4 is 5.56 Å². The van der Waals surface area contributed by atoms with Crippen LogP contribution in [0.25, 0.3) is 0 Å². The van der Waals surface area contributed by atoms with Crippen LogP contribution in [0.4, 0.5) is 0 Å². The van der Waals surface area contributed by atoms with Gasteiger partial charge >= 0.3 is 0 Å². The van der Waals surface area contributed by atoms with Crippen LogP contribution in [0.15, 0.2) is 65.7 Å². The maximum atomic E-state index is 13.7. The van der Waals surface area contributed by atoms with E-state index in [4.69, 9.17) is 0 Å². The van der Waals surface area contributed by atoms with Gasteiger partial charge in [-0.05, 0) is 36.7 Å². The van der Waals surface area contributed by atoms with Gasteiger partial charge in [0.2, 0.25) is 0 Å². The zero-order valence-corrected chi connectivity index (χ0v) is 18.2. The van der Waals surface area contributed by atoms with E-state index in [1.54, 1.807) is 23.0 Å². The van der Waals surface area contributed by atoms with Gasteiger partial charge in [0, 0.05) is 44.3 Å². The van der Waals surface area contributed by atoms with Crippen LogP contribution in [0, 0.1) is 6.92 Å². The van der Waals surface area contributed by atoms with Crippen LogP contribution in [-0.4, -0.2) is 57.2 Å². The molecule has 0 radical (unpaired) electrons. The molecular weight excluding hydrogens is 388 g/mol. The van der Waals surface area contributed by atoms with Crippen LogP contribution in [0.3, 0.4) is 0 Å². The van der Waals surface area contributed by atoms with Crippen LogP contribution in [0.2, 0.25) is 0 Å². The number of nitrogens with zero attached hydrogens (tertiary/aromatic N) is 4. The van der Waals surface area contributed by atoms with Gasteiger partial charge in [0.15, 0.2) is 0 Å². The molecule has 2 aromatic heterocycles. The molecule has 3 heterocycles. The molecule has 1 aliphatic heterocycles. The van der Waals surface area contributed by atoms with Gasteiger partial charge in [-0.1, -0.05) is 43.3 Å². The number of aromatic nitrogens is 2. The third kappa shape index (κ3) is 4.55. The highest BCUT2D eigenvalue weighted by Gasteiger charge is 2.31. The molecule has 0 aliphatic carbocycles. The van der Waals surface area contributed by atoms with Gasteiger partial charge in [-0.2, -0.15) is 0 Å². The number of pyridine rings is 2. The highest BCUT2D eigenvalue weighted by molar-refractivity contribution is 5.40. The minimum Gasteiger partial charge on any atom is -0.507 e. The fraction of sp³-hybridized carbons (Fsp3) is 0.360. The molecule has 1 aliphatic rings. The molecule has 31 heavy (non-hydrogen) atoms. The van der Waals surface area contributed by atoms with Gasteiger partial charge in [0.05, 0.1) is 18.2 Å². The predicted molar refractivity (Wildman–Crippen MR) is 122 cm³/mol. The number of rotatable bonds is 6. The number of likely N-dealkylation sites (N-methyl/N-ethyl adjacent to an activating group) is 1. The molecule has 0 unspecified atom stereocenters. The van der Waals surface area contributed by atoms with Gasteiger partial charge in [-0.15, -0.1) is 0 Å². The third-order valence-corrected chi connectivity index (χ3v) is 6.20.